The minimum atomic E-state index is -0.508. The number of hydrogen-bond acceptors (Lipinski definition) is 4. The highest BCUT2D eigenvalue weighted by molar-refractivity contribution is 6.02. The van der Waals surface area contributed by atoms with Crippen LogP contribution >= 0.6 is 0 Å². The number of halogens is 1. The van der Waals surface area contributed by atoms with Crippen molar-refractivity contribution in [2.45, 2.75) is 13.8 Å². The molecular weight excluding hydrogens is 311 g/mol. The lowest BCUT2D eigenvalue weighted by Crippen LogP contribution is -2.23. The molecule has 24 heavy (non-hydrogen) atoms. The van der Waals surface area contributed by atoms with E-state index >= 15 is 0 Å². The Kier molecular flexibility index (Phi) is 5.89. The number of esters is 1. The standard InChI is InChI=1S/C18H19FN2O3/c1-3-24-18(23)13-6-4-5-7-15(13)21-17(22)11-20-16-9-8-12(2)10-14(16)19/h4-10,20H,3,11H2,1-2H3,(H,21,22). The Morgan fingerprint density at radius 1 is 1.12 bits per heavy atom. The highest BCUT2D eigenvalue weighted by Gasteiger charge is 2.14. The molecule has 2 aromatic rings. The topological polar surface area (TPSA) is 67.4 Å². The summed E-state index contributed by atoms with van der Waals surface area (Å²) in [7, 11) is 0. The summed E-state index contributed by atoms with van der Waals surface area (Å²) < 4.78 is 18.7. The van der Waals surface area contributed by atoms with Crippen molar-refractivity contribution in [1.29, 1.82) is 0 Å². The average Bonchev–Trinajstić information content (AvgIpc) is 2.54. The highest BCUT2D eigenvalue weighted by atomic mass is 19.1. The summed E-state index contributed by atoms with van der Waals surface area (Å²) in [5.41, 5.74) is 1.67. The summed E-state index contributed by atoms with van der Waals surface area (Å²) in [6, 6.07) is 11.3. The van der Waals surface area contributed by atoms with Gasteiger partial charge in [-0.2, -0.15) is 0 Å². The molecule has 0 aliphatic rings. The van der Waals surface area contributed by atoms with Crippen LogP contribution in [0.4, 0.5) is 15.8 Å². The van der Waals surface area contributed by atoms with Gasteiger partial charge in [0.2, 0.25) is 5.91 Å². The summed E-state index contributed by atoms with van der Waals surface area (Å²) in [5, 5.41) is 5.36. The van der Waals surface area contributed by atoms with E-state index in [1.165, 1.54) is 6.07 Å². The van der Waals surface area contributed by atoms with Crippen molar-refractivity contribution >= 4 is 23.3 Å². The molecule has 6 heteroatoms. The van der Waals surface area contributed by atoms with Gasteiger partial charge in [-0.15, -0.1) is 0 Å². The van der Waals surface area contributed by atoms with Crippen LogP contribution in [0.2, 0.25) is 0 Å². The number of anilines is 2. The van der Waals surface area contributed by atoms with Crippen LogP contribution in [0.3, 0.4) is 0 Å². The van der Waals surface area contributed by atoms with Crippen molar-refractivity contribution < 1.29 is 18.7 Å². The number of aryl methyl sites for hydroxylation is 1. The molecule has 0 aliphatic heterocycles. The predicted octanol–water partition coefficient (Wildman–Crippen LogP) is 3.36. The minimum Gasteiger partial charge on any atom is -0.462 e. The summed E-state index contributed by atoms with van der Waals surface area (Å²) in [6.07, 6.45) is 0. The molecule has 5 nitrogen and oxygen atoms in total. The fourth-order valence-electron chi connectivity index (χ4n) is 2.11. The van der Waals surface area contributed by atoms with Gasteiger partial charge >= 0.3 is 5.97 Å². The quantitative estimate of drug-likeness (QED) is 0.797. The van der Waals surface area contributed by atoms with Crippen molar-refractivity contribution in [2.75, 3.05) is 23.8 Å². The third-order valence-corrected chi connectivity index (χ3v) is 3.26. The summed E-state index contributed by atoms with van der Waals surface area (Å²) in [5.74, 6) is -1.33. The van der Waals surface area contributed by atoms with Crippen molar-refractivity contribution in [3.05, 3.63) is 59.4 Å². The summed E-state index contributed by atoms with van der Waals surface area (Å²) in [4.78, 5) is 23.9. The van der Waals surface area contributed by atoms with Gasteiger partial charge in [-0.05, 0) is 43.7 Å². The third-order valence-electron chi connectivity index (χ3n) is 3.26. The molecule has 0 heterocycles. The lowest BCUT2D eigenvalue weighted by Gasteiger charge is -2.11. The van der Waals surface area contributed by atoms with E-state index in [-0.39, 0.29) is 24.4 Å². The monoisotopic (exact) mass is 330 g/mol. The molecule has 0 radical (unpaired) electrons. The fraction of sp³-hybridized carbons (Fsp3) is 0.222. The largest absolute Gasteiger partial charge is 0.462 e. The van der Waals surface area contributed by atoms with Gasteiger partial charge in [-0.25, -0.2) is 9.18 Å². The molecule has 2 aromatic carbocycles. The maximum absolute atomic E-state index is 13.7. The maximum Gasteiger partial charge on any atom is 0.340 e. The van der Waals surface area contributed by atoms with E-state index in [1.54, 1.807) is 50.2 Å². The highest BCUT2D eigenvalue weighted by Crippen LogP contribution is 2.17. The summed E-state index contributed by atoms with van der Waals surface area (Å²) >= 11 is 0. The molecule has 0 unspecified atom stereocenters. The number of rotatable bonds is 6. The zero-order chi connectivity index (χ0) is 17.5. The van der Waals surface area contributed by atoms with Gasteiger partial charge in [-0.1, -0.05) is 18.2 Å². The first-order valence-corrected chi connectivity index (χ1v) is 7.57. The van der Waals surface area contributed by atoms with Gasteiger partial charge in [-0.3, -0.25) is 4.79 Å². The number of ether oxygens (including phenoxy) is 1. The molecule has 0 spiro atoms. The van der Waals surface area contributed by atoms with Crippen molar-refractivity contribution in [1.82, 2.24) is 0 Å². The van der Waals surface area contributed by atoms with E-state index < -0.39 is 17.7 Å². The second kappa shape index (κ2) is 8.10. The van der Waals surface area contributed by atoms with Gasteiger partial charge in [0.05, 0.1) is 30.1 Å². The minimum absolute atomic E-state index is 0.128. The zero-order valence-electron chi connectivity index (χ0n) is 13.6. The first-order chi connectivity index (χ1) is 11.5. The molecule has 0 bridgehead atoms. The Labute approximate surface area is 139 Å². The zero-order valence-corrected chi connectivity index (χ0v) is 13.6. The molecule has 0 saturated carbocycles. The van der Waals surface area contributed by atoms with E-state index in [9.17, 15) is 14.0 Å². The van der Waals surface area contributed by atoms with Gasteiger partial charge < -0.3 is 15.4 Å². The third kappa shape index (κ3) is 4.55. The number of nitrogens with one attached hydrogen (secondary N) is 2. The van der Waals surface area contributed by atoms with Crippen molar-refractivity contribution in [3.8, 4) is 0 Å². The maximum atomic E-state index is 13.7. The van der Waals surface area contributed by atoms with E-state index in [1.807, 2.05) is 0 Å². The van der Waals surface area contributed by atoms with E-state index in [2.05, 4.69) is 10.6 Å². The molecule has 1 amide bonds. The van der Waals surface area contributed by atoms with Crippen LogP contribution in [0, 0.1) is 12.7 Å². The van der Waals surface area contributed by atoms with Crippen molar-refractivity contribution in [3.63, 3.8) is 0 Å². The van der Waals surface area contributed by atoms with Crippen molar-refractivity contribution in [2.24, 2.45) is 0 Å². The molecular formula is C18H19FN2O3. The average molecular weight is 330 g/mol. The summed E-state index contributed by atoms with van der Waals surface area (Å²) in [6.45, 7) is 3.61. The van der Waals surface area contributed by atoms with Crippen LogP contribution < -0.4 is 10.6 Å². The van der Waals surface area contributed by atoms with Crippen LogP contribution in [-0.2, 0) is 9.53 Å². The van der Waals surface area contributed by atoms with Gasteiger partial charge in [0, 0.05) is 0 Å². The second-order valence-corrected chi connectivity index (χ2v) is 5.15. The lowest BCUT2D eigenvalue weighted by molar-refractivity contribution is -0.114. The van der Waals surface area contributed by atoms with Gasteiger partial charge in [0.15, 0.2) is 0 Å². The van der Waals surface area contributed by atoms with Gasteiger partial charge in [0.1, 0.15) is 5.82 Å². The molecule has 0 aromatic heterocycles. The number of carbonyl (C=O) groups excluding carboxylic acids is 2. The lowest BCUT2D eigenvalue weighted by atomic mass is 10.2. The smallest absolute Gasteiger partial charge is 0.340 e. The second-order valence-electron chi connectivity index (χ2n) is 5.15. The predicted molar refractivity (Wildman–Crippen MR) is 90.7 cm³/mol. The number of amides is 1. The Balaban J connectivity index is 2.01. The van der Waals surface area contributed by atoms with Crippen LogP contribution in [0.5, 0.6) is 0 Å². The van der Waals surface area contributed by atoms with Crippen LogP contribution in [0.15, 0.2) is 42.5 Å². The van der Waals surface area contributed by atoms with E-state index in [4.69, 9.17) is 4.74 Å². The molecule has 2 N–H and O–H groups in total. The first-order valence-electron chi connectivity index (χ1n) is 7.57. The molecule has 2 rings (SSSR count). The Bertz CT molecular complexity index is 747. The SMILES string of the molecule is CCOC(=O)c1ccccc1NC(=O)CNc1ccc(C)cc1F. The number of para-hydroxylation sites is 1. The molecule has 126 valence electrons. The van der Waals surface area contributed by atoms with E-state index in [0.717, 1.165) is 5.56 Å². The van der Waals surface area contributed by atoms with Crippen LogP contribution in [-0.4, -0.2) is 25.0 Å². The molecule has 0 aliphatic carbocycles. The number of carbonyl (C=O) groups is 2. The molecule has 0 atom stereocenters. The normalized spacial score (nSPS) is 10.1. The number of hydrogen-bond donors (Lipinski definition) is 2. The first kappa shape index (κ1) is 17.5. The molecule has 0 fully saturated rings. The Morgan fingerprint density at radius 3 is 2.58 bits per heavy atom. The van der Waals surface area contributed by atoms with Gasteiger partial charge in [0.25, 0.3) is 0 Å². The Morgan fingerprint density at radius 2 is 1.88 bits per heavy atom. The molecule has 0 saturated heterocycles. The van der Waals surface area contributed by atoms with Crippen LogP contribution in [0.1, 0.15) is 22.8 Å². The van der Waals surface area contributed by atoms with Crippen LogP contribution in [0.25, 0.3) is 0 Å². The fourth-order valence-corrected chi connectivity index (χ4v) is 2.11. The number of benzene rings is 2. The Hall–Kier alpha value is -2.89. The van der Waals surface area contributed by atoms with E-state index in [0.29, 0.717) is 5.69 Å².